The lowest BCUT2D eigenvalue weighted by Gasteiger charge is -1.94. The molecule has 0 rings (SSSR count). The van der Waals surface area contributed by atoms with Gasteiger partial charge >= 0.3 is 5.97 Å². The lowest BCUT2D eigenvalue weighted by atomic mass is 10.3. The van der Waals surface area contributed by atoms with Gasteiger partial charge in [-0.25, -0.2) is 4.79 Å². The third kappa shape index (κ3) is 1.74. The molecule has 4 heteroatoms. The minimum Gasteiger partial charge on any atom is -0.476 e. The van der Waals surface area contributed by atoms with E-state index in [0.717, 1.165) is 0 Å². The van der Waals surface area contributed by atoms with E-state index in [1.165, 1.54) is 6.08 Å². The van der Waals surface area contributed by atoms with Crippen molar-refractivity contribution >= 4 is 12.7 Å². The predicted molar refractivity (Wildman–Crippen MR) is 38.6 cm³/mol. The van der Waals surface area contributed by atoms with E-state index < -0.39 is 5.97 Å². The SMILES string of the molecule is C=C/C(N)=C(\N=C)C(=O)O. The molecule has 4 nitrogen and oxygen atoms in total. The molecule has 0 radical (unpaired) electrons. The number of nitrogens with zero attached hydrogens (tertiary/aromatic N) is 1. The average Bonchev–Trinajstić information content (AvgIpc) is 1.88. The van der Waals surface area contributed by atoms with Gasteiger partial charge < -0.3 is 10.8 Å². The predicted octanol–water partition coefficient (Wildman–Crippen LogP) is 0.128. The number of hydrogen-bond acceptors (Lipinski definition) is 3. The molecule has 0 atom stereocenters. The average molecular weight is 140 g/mol. The third-order valence-corrected chi connectivity index (χ3v) is 0.854. The largest absolute Gasteiger partial charge is 0.476 e. The Balaban J connectivity index is 4.79. The highest BCUT2D eigenvalue weighted by Crippen LogP contribution is 1.99. The topological polar surface area (TPSA) is 75.7 Å². The molecule has 0 aliphatic heterocycles. The van der Waals surface area contributed by atoms with Crippen molar-refractivity contribution in [3.8, 4) is 0 Å². The van der Waals surface area contributed by atoms with Crippen LogP contribution >= 0.6 is 0 Å². The number of allylic oxidation sites excluding steroid dienone is 1. The van der Waals surface area contributed by atoms with Crippen molar-refractivity contribution in [2.45, 2.75) is 0 Å². The van der Waals surface area contributed by atoms with Crippen LogP contribution < -0.4 is 5.73 Å². The standard InChI is InChI=1S/C6H8N2O2/c1-3-4(7)5(8-2)6(9)10/h3H,1-2,7H2,(H,9,10)/b5-4+. The quantitative estimate of drug-likeness (QED) is 0.332. The Kier molecular flexibility index (Phi) is 2.90. The van der Waals surface area contributed by atoms with E-state index in [0.29, 0.717) is 0 Å². The summed E-state index contributed by atoms with van der Waals surface area (Å²) in [7, 11) is 0. The van der Waals surface area contributed by atoms with Gasteiger partial charge in [0.05, 0.1) is 5.70 Å². The number of aliphatic imine (C=N–C) groups is 1. The zero-order chi connectivity index (χ0) is 8.15. The molecule has 0 unspecified atom stereocenters. The maximum atomic E-state index is 10.2. The van der Waals surface area contributed by atoms with Crippen LogP contribution in [0.25, 0.3) is 0 Å². The van der Waals surface area contributed by atoms with Gasteiger partial charge in [-0.1, -0.05) is 6.58 Å². The molecule has 0 heterocycles. The normalized spacial score (nSPS) is 11.6. The van der Waals surface area contributed by atoms with Gasteiger partial charge in [0.1, 0.15) is 0 Å². The summed E-state index contributed by atoms with van der Waals surface area (Å²) in [5, 5.41) is 8.36. The maximum absolute atomic E-state index is 10.2. The lowest BCUT2D eigenvalue weighted by molar-refractivity contribution is -0.132. The number of carboxylic acids is 1. The van der Waals surface area contributed by atoms with Crippen LogP contribution in [0.2, 0.25) is 0 Å². The van der Waals surface area contributed by atoms with Crippen molar-refractivity contribution in [1.82, 2.24) is 0 Å². The van der Waals surface area contributed by atoms with Crippen LogP contribution in [-0.2, 0) is 4.79 Å². The highest BCUT2D eigenvalue weighted by atomic mass is 16.4. The van der Waals surface area contributed by atoms with E-state index in [2.05, 4.69) is 18.3 Å². The summed E-state index contributed by atoms with van der Waals surface area (Å²) in [6.07, 6.45) is 1.21. The van der Waals surface area contributed by atoms with Crippen LogP contribution in [0.1, 0.15) is 0 Å². The molecule has 0 aromatic carbocycles. The molecule has 0 fully saturated rings. The molecule has 0 aromatic rings. The highest BCUT2D eigenvalue weighted by molar-refractivity contribution is 5.88. The molecular weight excluding hydrogens is 132 g/mol. The fraction of sp³-hybridized carbons (Fsp3) is 0. The van der Waals surface area contributed by atoms with Crippen molar-refractivity contribution in [3.05, 3.63) is 24.0 Å². The van der Waals surface area contributed by atoms with Crippen LogP contribution in [0.15, 0.2) is 29.0 Å². The summed E-state index contributed by atoms with van der Waals surface area (Å²) in [4.78, 5) is 13.4. The minimum atomic E-state index is -1.20. The molecule has 0 bridgehead atoms. The van der Waals surface area contributed by atoms with Crippen LogP contribution in [0.5, 0.6) is 0 Å². The number of rotatable bonds is 3. The third-order valence-electron chi connectivity index (χ3n) is 0.854. The number of carboxylic acid groups (broad SMARTS) is 1. The number of nitrogens with two attached hydrogens (primary N) is 1. The van der Waals surface area contributed by atoms with Gasteiger partial charge in [-0.3, -0.25) is 4.99 Å². The second-order valence-electron chi connectivity index (χ2n) is 1.47. The minimum absolute atomic E-state index is 0.0162. The van der Waals surface area contributed by atoms with Gasteiger partial charge in [-0.2, -0.15) is 0 Å². The van der Waals surface area contributed by atoms with Crippen molar-refractivity contribution in [2.75, 3.05) is 0 Å². The van der Waals surface area contributed by atoms with Crippen molar-refractivity contribution < 1.29 is 9.90 Å². The van der Waals surface area contributed by atoms with Crippen LogP contribution in [0, 0.1) is 0 Å². The first-order valence-electron chi connectivity index (χ1n) is 2.45. The fourth-order valence-corrected chi connectivity index (χ4v) is 0.379. The number of carbonyl (C=O) groups is 1. The first kappa shape index (κ1) is 8.42. The number of hydrogen-bond donors (Lipinski definition) is 2. The highest BCUT2D eigenvalue weighted by Gasteiger charge is 2.06. The molecular formula is C6H8N2O2. The maximum Gasteiger partial charge on any atom is 0.356 e. The van der Waals surface area contributed by atoms with E-state index in [4.69, 9.17) is 10.8 Å². The van der Waals surface area contributed by atoms with Crippen molar-refractivity contribution in [3.63, 3.8) is 0 Å². The molecule has 0 aromatic heterocycles. The Bertz CT molecular complexity index is 206. The van der Waals surface area contributed by atoms with Gasteiger partial charge in [0.2, 0.25) is 0 Å². The zero-order valence-corrected chi connectivity index (χ0v) is 5.37. The van der Waals surface area contributed by atoms with Gasteiger partial charge in [-0.05, 0) is 12.8 Å². The van der Waals surface area contributed by atoms with Gasteiger partial charge in [0.15, 0.2) is 5.70 Å². The van der Waals surface area contributed by atoms with Gasteiger partial charge in [0.25, 0.3) is 0 Å². The van der Waals surface area contributed by atoms with Crippen LogP contribution in [0.3, 0.4) is 0 Å². The fourth-order valence-electron chi connectivity index (χ4n) is 0.379. The Morgan fingerprint density at radius 2 is 2.20 bits per heavy atom. The van der Waals surface area contributed by atoms with E-state index >= 15 is 0 Å². The van der Waals surface area contributed by atoms with Crippen molar-refractivity contribution in [1.29, 1.82) is 0 Å². The molecule has 0 spiro atoms. The van der Waals surface area contributed by atoms with E-state index in [9.17, 15) is 4.79 Å². The molecule has 0 saturated heterocycles. The van der Waals surface area contributed by atoms with Crippen LogP contribution in [0.4, 0.5) is 0 Å². The summed E-state index contributed by atoms with van der Waals surface area (Å²) < 4.78 is 0. The Labute approximate surface area is 58.4 Å². The summed E-state index contributed by atoms with van der Waals surface area (Å²) in [5.41, 5.74) is 4.92. The van der Waals surface area contributed by atoms with Crippen LogP contribution in [-0.4, -0.2) is 17.8 Å². The summed E-state index contributed by atoms with van der Waals surface area (Å²) >= 11 is 0. The molecule has 0 aliphatic rings. The summed E-state index contributed by atoms with van der Waals surface area (Å²) in [6, 6.07) is 0. The Morgan fingerprint density at radius 1 is 1.70 bits per heavy atom. The van der Waals surface area contributed by atoms with E-state index in [-0.39, 0.29) is 11.4 Å². The zero-order valence-electron chi connectivity index (χ0n) is 5.37. The first-order chi connectivity index (χ1) is 4.63. The number of aliphatic carboxylic acids is 1. The summed E-state index contributed by atoms with van der Waals surface area (Å²) in [6.45, 7) is 6.31. The molecule has 54 valence electrons. The van der Waals surface area contributed by atoms with E-state index in [1.807, 2.05) is 0 Å². The summed E-state index contributed by atoms with van der Waals surface area (Å²) in [5.74, 6) is -1.20. The monoisotopic (exact) mass is 140 g/mol. The molecule has 0 saturated carbocycles. The van der Waals surface area contributed by atoms with E-state index in [1.54, 1.807) is 0 Å². The van der Waals surface area contributed by atoms with Gasteiger partial charge in [0, 0.05) is 0 Å². The lowest BCUT2D eigenvalue weighted by Crippen LogP contribution is -2.06. The molecule has 0 amide bonds. The Morgan fingerprint density at radius 3 is 2.30 bits per heavy atom. The first-order valence-corrected chi connectivity index (χ1v) is 2.45. The molecule has 10 heavy (non-hydrogen) atoms. The molecule has 0 aliphatic carbocycles. The molecule has 3 N–H and O–H groups in total. The Hall–Kier alpha value is -1.58. The smallest absolute Gasteiger partial charge is 0.356 e. The van der Waals surface area contributed by atoms with Crippen molar-refractivity contribution in [2.24, 2.45) is 10.7 Å². The van der Waals surface area contributed by atoms with Gasteiger partial charge in [-0.15, -0.1) is 0 Å². The second kappa shape index (κ2) is 3.45. The second-order valence-corrected chi connectivity index (χ2v) is 1.47.